The molecule has 5 rings (SSSR count). The largest absolute Gasteiger partial charge is 0.467 e. The summed E-state index contributed by atoms with van der Waals surface area (Å²) in [6.07, 6.45) is 8.77. The van der Waals surface area contributed by atoms with E-state index < -0.39 is 12.0 Å². The highest BCUT2D eigenvalue weighted by Gasteiger charge is 2.36. The Morgan fingerprint density at radius 3 is 2.76 bits per heavy atom. The number of furan rings is 1. The maximum Gasteiger partial charge on any atom is 0.242 e. The zero-order valence-corrected chi connectivity index (χ0v) is 21.8. The molecule has 1 saturated carbocycles. The summed E-state index contributed by atoms with van der Waals surface area (Å²) in [6.45, 7) is 2.51. The van der Waals surface area contributed by atoms with Gasteiger partial charge in [-0.25, -0.2) is 4.39 Å². The average molecular weight is 525 g/mol. The number of hydrogen-bond acceptors (Lipinski definition) is 5. The molecule has 1 aliphatic carbocycles. The van der Waals surface area contributed by atoms with Gasteiger partial charge in [-0.05, 0) is 54.7 Å². The minimum absolute atomic E-state index is 0.0828. The van der Waals surface area contributed by atoms with E-state index in [0.717, 1.165) is 49.9 Å². The fraction of sp³-hybridized carbons (Fsp3) is 0.552. The Labute approximate surface area is 222 Å². The van der Waals surface area contributed by atoms with Gasteiger partial charge in [0.25, 0.3) is 0 Å². The maximum atomic E-state index is 13.5. The number of anilines is 1. The molecule has 3 heterocycles. The van der Waals surface area contributed by atoms with Crippen molar-refractivity contribution < 1.29 is 23.2 Å². The van der Waals surface area contributed by atoms with Gasteiger partial charge in [0.15, 0.2) is 0 Å². The lowest BCUT2D eigenvalue weighted by molar-refractivity contribution is -0.131. The summed E-state index contributed by atoms with van der Waals surface area (Å²) >= 11 is 0. The molecule has 2 aromatic rings. The molecule has 2 atom stereocenters. The van der Waals surface area contributed by atoms with Crippen molar-refractivity contribution in [3.8, 4) is 0 Å². The van der Waals surface area contributed by atoms with E-state index in [1.165, 1.54) is 12.5 Å². The number of carbonyl (C=O) groups excluding carboxylic acids is 3. The van der Waals surface area contributed by atoms with Gasteiger partial charge < -0.3 is 24.9 Å². The van der Waals surface area contributed by atoms with Crippen LogP contribution in [0.5, 0.6) is 0 Å². The Bertz CT molecular complexity index is 1130. The van der Waals surface area contributed by atoms with Gasteiger partial charge in [0, 0.05) is 38.3 Å². The SMILES string of the molecule is O=C(N[C@@H](CC1CCCCC1)C(=O)NCCN1CCc2cc(F)ccc21)C1CC(=O)N(Cc2ccco2)C1. The Kier molecular flexibility index (Phi) is 8.29. The zero-order chi connectivity index (χ0) is 26.5. The second kappa shape index (κ2) is 12.0. The van der Waals surface area contributed by atoms with Crippen LogP contribution in [-0.2, 0) is 27.3 Å². The molecule has 3 aliphatic rings. The van der Waals surface area contributed by atoms with Crippen LogP contribution >= 0.6 is 0 Å². The third-order valence-electron chi connectivity index (χ3n) is 8.15. The van der Waals surface area contributed by atoms with Crippen LogP contribution < -0.4 is 15.5 Å². The first kappa shape index (κ1) is 26.3. The van der Waals surface area contributed by atoms with Gasteiger partial charge in [-0.3, -0.25) is 14.4 Å². The van der Waals surface area contributed by atoms with E-state index in [2.05, 4.69) is 15.5 Å². The second-order valence-electron chi connectivity index (χ2n) is 10.9. The summed E-state index contributed by atoms with van der Waals surface area (Å²) in [6, 6.07) is 7.80. The van der Waals surface area contributed by atoms with Gasteiger partial charge in [-0.2, -0.15) is 0 Å². The number of nitrogens with zero attached hydrogens (tertiary/aromatic N) is 2. The molecule has 1 unspecified atom stereocenters. The highest BCUT2D eigenvalue weighted by atomic mass is 19.1. The zero-order valence-electron chi connectivity index (χ0n) is 21.8. The van der Waals surface area contributed by atoms with Gasteiger partial charge >= 0.3 is 0 Å². The molecule has 204 valence electrons. The first-order valence-electron chi connectivity index (χ1n) is 13.9. The van der Waals surface area contributed by atoms with Crippen LogP contribution in [0.2, 0.25) is 0 Å². The van der Waals surface area contributed by atoms with E-state index in [4.69, 9.17) is 4.42 Å². The molecule has 0 bridgehead atoms. The molecule has 1 saturated heterocycles. The molecule has 38 heavy (non-hydrogen) atoms. The Morgan fingerprint density at radius 1 is 1.13 bits per heavy atom. The highest BCUT2D eigenvalue weighted by molar-refractivity contribution is 5.92. The van der Waals surface area contributed by atoms with Crippen molar-refractivity contribution >= 4 is 23.4 Å². The average Bonchev–Trinajstić information content (AvgIpc) is 3.65. The van der Waals surface area contributed by atoms with Crippen molar-refractivity contribution in [3.63, 3.8) is 0 Å². The minimum Gasteiger partial charge on any atom is -0.467 e. The molecule has 2 aliphatic heterocycles. The number of halogens is 1. The number of benzene rings is 1. The molecule has 2 N–H and O–H groups in total. The molecule has 9 heteroatoms. The predicted molar refractivity (Wildman–Crippen MR) is 141 cm³/mol. The molecule has 0 radical (unpaired) electrons. The van der Waals surface area contributed by atoms with Crippen LogP contribution in [0, 0.1) is 17.7 Å². The van der Waals surface area contributed by atoms with Gasteiger partial charge in [0.2, 0.25) is 17.7 Å². The molecule has 0 spiro atoms. The number of hydrogen-bond donors (Lipinski definition) is 2. The molecule has 3 amide bonds. The monoisotopic (exact) mass is 524 g/mol. The van der Waals surface area contributed by atoms with E-state index >= 15 is 0 Å². The fourth-order valence-corrected chi connectivity index (χ4v) is 6.08. The topological polar surface area (TPSA) is 94.9 Å². The third-order valence-corrected chi connectivity index (χ3v) is 8.15. The van der Waals surface area contributed by atoms with Gasteiger partial charge in [-0.15, -0.1) is 0 Å². The van der Waals surface area contributed by atoms with Crippen molar-refractivity contribution in [2.75, 3.05) is 31.1 Å². The maximum absolute atomic E-state index is 13.5. The molecule has 2 fully saturated rings. The number of rotatable bonds is 10. The van der Waals surface area contributed by atoms with Crippen molar-refractivity contribution in [1.82, 2.24) is 15.5 Å². The molecule has 1 aromatic carbocycles. The molecular weight excluding hydrogens is 487 g/mol. The summed E-state index contributed by atoms with van der Waals surface area (Å²) in [5.74, 6) is -0.138. The standard InChI is InChI=1S/C29H37FN4O4/c30-23-8-9-26-21(16-23)10-12-33(26)13-11-31-29(37)25(15-20-5-2-1-3-6-20)32-28(36)22-17-27(35)34(18-22)19-24-7-4-14-38-24/h4,7-9,14,16,20,22,25H,1-3,5-6,10-13,15,17-19H2,(H,31,37)(H,32,36)/t22?,25-/m0/s1. The number of nitrogens with one attached hydrogen (secondary N) is 2. The lowest BCUT2D eigenvalue weighted by Crippen LogP contribution is -2.50. The number of fused-ring (bicyclic) bond motifs is 1. The first-order valence-corrected chi connectivity index (χ1v) is 13.9. The van der Waals surface area contributed by atoms with Crippen LogP contribution in [0.4, 0.5) is 10.1 Å². The summed E-state index contributed by atoms with van der Waals surface area (Å²) in [4.78, 5) is 42.8. The Hall–Kier alpha value is -3.36. The van der Waals surface area contributed by atoms with Crippen LogP contribution in [0.1, 0.15) is 56.3 Å². The minimum atomic E-state index is -0.625. The molecular formula is C29H37FN4O4. The molecule has 8 nitrogen and oxygen atoms in total. The van der Waals surface area contributed by atoms with E-state index in [-0.39, 0.29) is 30.0 Å². The predicted octanol–water partition coefficient (Wildman–Crippen LogP) is 3.40. The Morgan fingerprint density at radius 2 is 1.97 bits per heavy atom. The number of likely N-dealkylation sites (tertiary alicyclic amines) is 1. The highest BCUT2D eigenvalue weighted by Crippen LogP contribution is 2.29. The van der Waals surface area contributed by atoms with E-state index in [9.17, 15) is 18.8 Å². The number of carbonyl (C=O) groups is 3. The summed E-state index contributed by atoms with van der Waals surface area (Å²) in [5, 5.41) is 6.02. The van der Waals surface area contributed by atoms with E-state index in [0.29, 0.717) is 44.3 Å². The van der Waals surface area contributed by atoms with E-state index in [1.807, 2.05) is 6.07 Å². The van der Waals surface area contributed by atoms with Gasteiger partial charge in [0.1, 0.15) is 17.6 Å². The summed E-state index contributed by atoms with van der Waals surface area (Å²) in [7, 11) is 0. The Balaban J connectivity index is 1.16. The lowest BCUT2D eigenvalue weighted by Gasteiger charge is -2.28. The van der Waals surface area contributed by atoms with Crippen LogP contribution in [-0.4, -0.2) is 54.8 Å². The first-order chi connectivity index (χ1) is 18.5. The normalized spacial score (nSPS) is 20.4. The van der Waals surface area contributed by atoms with Crippen molar-refractivity contribution in [2.24, 2.45) is 11.8 Å². The fourth-order valence-electron chi connectivity index (χ4n) is 6.08. The lowest BCUT2D eigenvalue weighted by atomic mass is 9.84. The third kappa shape index (κ3) is 6.37. The summed E-state index contributed by atoms with van der Waals surface area (Å²) in [5.41, 5.74) is 2.00. The van der Waals surface area contributed by atoms with Crippen molar-refractivity contribution in [2.45, 2.75) is 64.0 Å². The van der Waals surface area contributed by atoms with Crippen LogP contribution in [0.25, 0.3) is 0 Å². The smallest absolute Gasteiger partial charge is 0.242 e. The van der Waals surface area contributed by atoms with Gasteiger partial charge in [-0.1, -0.05) is 32.1 Å². The summed E-state index contributed by atoms with van der Waals surface area (Å²) < 4.78 is 18.9. The second-order valence-corrected chi connectivity index (χ2v) is 10.9. The van der Waals surface area contributed by atoms with Crippen molar-refractivity contribution in [1.29, 1.82) is 0 Å². The van der Waals surface area contributed by atoms with E-state index in [1.54, 1.807) is 29.4 Å². The quantitative estimate of drug-likeness (QED) is 0.497. The van der Waals surface area contributed by atoms with Crippen LogP contribution in [0.3, 0.4) is 0 Å². The molecule has 1 aromatic heterocycles. The van der Waals surface area contributed by atoms with Crippen molar-refractivity contribution in [3.05, 3.63) is 53.7 Å². The van der Waals surface area contributed by atoms with Crippen LogP contribution in [0.15, 0.2) is 41.0 Å². The van der Waals surface area contributed by atoms with Gasteiger partial charge in [0.05, 0.1) is 18.7 Å². The number of amides is 3.